The van der Waals surface area contributed by atoms with Gasteiger partial charge < -0.3 is 15.0 Å². The smallest absolute Gasteiger partial charge is 0.248 e. The number of unbranched alkanes of at least 4 members (excludes halogenated alkanes) is 1. The molecule has 2 aliphatic rings. The molecule has 1 saturated heterocycles. The van der Waals surface area contributed by atoms with Crippen LogP contribution in [-0.2, 0) is 14.3 Å². The molecule has 18 heavy (non-hydrogen) atoms. The Hall–Kier alpha value is -1.10. The van der Waals surface area contributed by atoms with E-state index in [-0.39, 0.29) is 18.4 Å². The van der Waals surface area contributed by atoms with Crippen molar-refractivity contribution in [2.75, 3.05) is 26.8 Å². The molecule has 0 aromatic carbocycles. The molecule has 0 bridgehead atoms. The van der Waals surface area contributed by atoms with Gasteiger partial charge in [-0.05, 0) is 38.5 Å². The Morgan fingerprint density at radius 2 is 2.11 bits per heavy atom. The van der Waals surface area contributed by atoms with Crippen LogP contribution in [0.3, 0.4) is 0 Å². The highest BCUT2D eigenvalue weighted by atomic mass is 16.5. The third-order valence-corrected chi connectivity index (χ3v) is 3.89. The molecule has 1 atom stereocenters. The van der Waals surface area contributed by atoms with Gasteiger partial charge in [0.2, 0.25) is 11.8 Å². The van der Waals surface area contributed by atoms with E-state index in [1.807, 2.05) is 6.92 Å². The van der Waals surface area contributed by atoms with Crippen molar-refractivity contribution in [1.82, 2.24) is 10.2 Å². The molecule has 2 fully saturated rings. The Balaban J connectivity index is 1.93. The minimum absolute atomic E-state index is 0.0317. The van der Waals surface area contributed by atoms with Gasteiger partial charge in [-0.1, -0.05) is 0 Å². The van der Waals surface area contributed by atoms with Crippen LogP contribution in [0.2, 0.25) is 0 Å². The van der Waals surface area contributed by atoms with Crippen molar-refractivity contribution < 1.29 is 14.3 Å². The number of ether oxygens (including phenoxy) is 1. The van der Waals surface area contributed by atoms with Crippen LogP contribution in [0.4, 0.5) is 0 Å². The van der Waals surface area contributed by atoms with E-state index in [9.17, 15) is 9.59 Å². The Kier molecular flexibility index (Phi) is 3.90. The fourth-order valence-corrected chi connectivity index (χ4v) is 2.62. The average Bonchev–Trinajstić information content (AvgIpc) is 3.14. The van der Waals surface area contributed by atoms with Gasteiger partial charge in [-0.2, -0.15) is 0 Å². The number of methoxy groups -OCH3 is 1. The summed E-state index contributed by atoms with van der Waals surface area (Å²) < 4.78 is 4.99. The van der Waals surface area contributed by atoms with Crippen LogP contribution in [0.5, 0.6) is 0 Å². The number of amides is 2. The van der Waals surface area contributed by atoms with E-state index in [0.717, 1.165) is 25.7 Å². The SMILES string of the molecule is COCCCCN1CC(=O)NC(C)(C2CC2)C1=O. The number of carbonyl (C=O) groups is 2. The number of hydrogen-bond donors (Lipinski definition) is 1. The maximum absolute atomic E-state index is 12.4. The van der Waals surface area contributed by atoms with Crippen molar-refractivity contribution in [2.24, 2.45) is 5.92 Å². The predicted octanol–water partition coefficient (Wildman–Crippen LogP) is 0.540. The second-order valence-electron chi connectivity index (χ2n) is 5.45. The molecular formula is C13H22N2O3. The summed E-state index contributed by atoms with van der Waals surface area (Å²) in [5, 5.41) is 2.88. The Morgan fingerprint density at radius 3 is 2.72 bits per heavy atom. The van der Waals surface area contributed by atoms with E-state index in [2.05, 4.69) is 5.32 Å². The molecule has 5 nitrogen and oxygen atoms in total. The van der Waals surface area contributed by atoms with Crippen LogP contribution in [-0.4, -0.2) is 49.1 Å². The molecule has 1 heterocycles. The lowest BCUT2D eigenvalue weighted by atomic mass is 9.91. The summed E-state index contributed by atoms with van der Waals surface area (Å²) in [7, 11) is 1.67. The molecule has 0 aromatic heterocycles. The lowest BCUT2D eigenvalue weighted by Crippen LogP contribution is -2.66. The van der Waals surface area contributed by atoms with Crippen LogP contribution in [0.1, 0.15) is 32.6 Å². The zero-order valence-electron chi connectivity index (χ0n) is 11.2. The van der Waals surface area contributed by atoms with Crippen molar-refractivity contribution in [3.05, 3.63) is 0 Å². The van der Waals surface area contributed by atoms with Gasteiger partial charge in [-0.3, -0.25) is 9.59 Å². The molecule has 1 saturated carbocycles. The Bertz CT molecular complexity index is 341. The number of hydrogen-bond acceptors (Lipinski definition) is 3. The minimum atomic E-state index is -0.656. The molecule has 1 aliphatic heterocycles. The topological polar surface area (TPSA) is 58.6 Å². The van der Waals surface area contributed by atoms with Gasteiger partial charge in [-0.25, -0.2) is 0 Å². The lowest BCUT2D eigenvalue weighted by Gasteiger charge is -2.40. The maximum Gasteiger partial charge on any atom is 0.248 e. The first kappa shape index (κ1) is 13.3. The van der Waals surface area contributed by atoms with Crippen molar-refractivity contribution in [2.45, 2.75) is 38.1 Å². The van der Waals surface area contributed by atoms with Gasteiger partial charge in [-0.15, -0.1) is 0 Å². The summed E-state index contributed by atoms with van der Waals surface area (Å²) >= 11 is 0. The van der Waals surface area contributed by atoms with Crippen molar-refractivity contribution >= 4 is 11.8 Å². The first-order valence-corrected chi connectivity index (χ1v) is 6.67. The summed E-state index contributed by atoms with van der Waals surface area (Å²) in [6, 6.07) is 0. The number of piperazine rings is 1. The van der Waals surface area contributed by atoms with Crippen LogP contribution < -0.4 is 5.32 Å². The van der Waals surface area contributed by atoms with Crippen LogP contribution in [0, 0.1) is 5.92 Å². The first-order valence-electron chi connectivity index (χ1n) is 6.67. The monoisotopic (exact) mass is 254 g/mol. The second-order valence-corrected chi connectivity index (χ2v) is 5.45. The maximum atomic E-state index is 12.4. The van der Waals surface area contributed by atoms with Crippen molar-refractivity contribution in [3.8, 4) is 0 Å². The van der Waals surface area contributed by atoms with E-state index >= 15 is 0 Å². The molecule has 0 radical (unpaired) electrons. The van der Waals surface area contributed by atoms with Crippen LogP contribution in [0.15, 0.2) is 0 Å². The highest BCUT2D eigenvalue weighted by molar-refractivity contribution is 5.98. The highest BCUT2D eigenvalue weighted by Crippen LogP contribution is 2.41. The Labute approximate surface area is 108 Å². The number of nitrogens with zero attached hydrogens (tertiary/aromatic N) is 1. The molecule has 2 rings (SSSR count). The highest BCUT2D eigenvalue weighted by Gasteiger charge is 2.52. The molecule has 5 heteroatoms. The molecule has 1 aliphatic carbocycles. The number of rotatable bonds is 6. The third kappa shape index (κ3) is 2.66. The summed E-state index contributed by atoms with van der Waals surface area (Å²) in [4.78, 5) is 25.8. The fraction of sp³-hybridized carbons (Fsp3) is 0.846. The van der Waals surface area contributed by atoms with E-state index in [1.54, 1.807) is 12.0 Å². The summed E-state index contributed by atoms with van der Waals surface area (Å²) in [5.41, 5.74) is -0.656. The lowest BCUT2D eigenvalue weighted by molar-refractivity contribution is -0.150. The van der Waals surface area contributed by atoms with Gasteiger partial charge >= 0.3 is 0 Å². The average molecular weight is 254 g/mol. The molecule has 0 aromatic rings. The number of nitrogens with one attached hydrogen (secondary N) is 1. The molecule has 102 valence electrons. The standard InChI is InChI=1S/C13H22N2O3/c1-13(10-5-6-10)12(17)15(9-11(16)14-13)7-3-4-8-18-2/h10H,3-9H2,1-2H3,(H,14,16). The molecule has 2 amide bonds. The van der Waals surface area contributed by atoms with Crippen LogP contribution >= 0.6 is 0 Å². The summed E-state index contributed by atoms with van der Waals surface area (Å²) in [6.45, 7) is 3.42. The molecule has 0 spiro atoms. The first-order chi connectivity index (χ1) is 8.58. The quantitative estimate of drug-likeness (QED) is 0.704. The Morgan fingerprint density at radius 1 is 1.39 bits per heavy atom. The van der Waals surface area contributed by atoms with Gasteiger partial charge in [0.05, 0.1) is 6.54 Å². The predicted molar refractivity (Wildman–Crippen MR) is 67.0 cm³/mol. The van der Waals surface area contributed by atoms with Gasteiger partial charge in [0.15, 0.2) is 0 Å². The zero-order chi connectivity index (χ0) is 13.2. The van der Waals surface area contributed by atoms with Crippen molar-refractivity contribution in [3.63, 3.8) is 0 Å². The molecular weight excluding hydrogens is 232 g/mol. The van der Waals surface area contributed by atoms with Crippen molar-refractivity contribution in [1.29, 1.82) is 0 Å². The third-order valence-electron chi connectivity index (χ3n) is 3.89. The van der Waals surface area contributed by atoms with E-state index in [0.29, 0.717) is 19.1 Å². The van der Waals surface area contributed by atoms with Crippen LogP contribution in [0.25, 0.3) is 0 Å². The largest absolute Gasteiger partial charge is 0.385 e. The van der Waals surface area contributed by atoms with Gasteiger partial charge in [0.25, 0.3) is 0 Å². The molecule has 1 unspecified atom stereocenters. The van der Waals surface area contributed by atoms with Gasteiger partial charge in [0.1, 0.15) is 5.54 Å². The second kappa shape index (κ2) is 5.26. The number of carbonyl (C=O) groups excluding carboxylic acids is 2. The van der Waals surface area contributed by atoms with E-state index < -0.39 is 5.54 Å². The summed E-state index contributed by atoms with van der Waals surface area (Å²) in [5.74, 6) is 0.383. The molecule has 1 N–H and O–H groups in total. The van der Waals surface area contributed by atoms with E-state index in [4.69, 9.17) is 4.74 Å². The van der Waals surface area contributed by atoms with E-state index in [1.165, 1.54) is 0 Å². The summed E-state index contributed by atoms with van der Waals surface area (Å²) in [6.07, 6.45) is 3.88. The van der Waals surface area contributed by atoms with Gasteiger partial charge in [0, 0.05) is 20.3 Å². The normalized spacial score (nSPS) is 28.4. The fourth-order valence-electron chi connectivity index (χ4n) is 2.62. The zero-order valence-corrected chi connectivity index (χ0v) is 11.2. The minimum Gasteiger partial charge on any atom is -0.385 e.